The molecule has 1 nitrogen and oxygen atoms in total. The van der Waals surface area contributed by atoms with Crippen LogP contribution in [0.5, 0.6) is 0 Å². The number of rotatable bonds is 3. The predicted molar refractivity (Wildman–Crippen MR) is 81.5 cm³/mol. The van der Waals surface area contributed by atoms with Gasteiger partial charge in [-0.05, 0) is 58.4 Å². The Balaban J connectivity index is 2.35. The molecule has 2 aromatic carbocycles. The molecule has 0 bridgehead atoms. The Morgan fingerprint density at radius 1 is 1.05 bits per heavy atom. The molecule has 0 saturated heterocycles. The fourth-order valence-corrected chi connectivity index (χ4v) is 2.60. The van der Waals surface area contributed by atoms with Gasteiger partial charge in [-0.15, -0.1) is 0 Å². The first-order chi connectivity index (χ1) is 9.82. The first-order valence-electron chi connectivity index (χ1n) is 6.12. The van der Waals surface area contributed by atoms with Gasteiger partial charge in [0.25, 0.3) is 0 Å². The molecule has 112 valence electrons. The molecule has 1 atom stereocenters. The van der Waals surface area contributed by atoms with E-state index in [1.54, 1.807) is 13.1 Å². The van der Waals surface area contributed by atoms with Crippen molar-refractivity contribution in [3.05, 3.63) is 68.7 Å². The van der Waals surface area contributed by atoms with E-state index in [9.17, 15) is 13.2 Å². The molecule has 0 saturated carbocycles. The van der Waals surface area contributed by atoms with E-state index in [4.69, 9.17) is 11.6 Å². The summed E-state index contributed by atoms with van der Waals surface area (Å²) in [5, 5.41) is 3.68. The van der Waals surface area contributed by atoms with E-state index in [0.29, 0.717) is 5.02 Å². The van der Waals surface area contributed by atoms with E-state index in [1.807, 2.05) is 12.1 Å². The fraction of sp³-hybridized carbons (Fsp3) is 0.200. The molecule has 0 heterocycles. The summed E-state index contributed by atoms with van der Waals surface area (Å²) in [4.78, 5) is 0. The number of alkyl halides is 3. The molecule has 0 radical (unpaired) electrons. The van der Waals surface area contributed by atoms with E-state index < -0.39 is 11.7 Å². The van der Waals surface area contributed by atoms with Crippen molar-refractivity contribution in [3.8, 4) is 0 Å². The Morgan fingerprint density at radius 2 is 1.62 bits per heavy atom. The number of benzene rings is 2. The Labute approximate surface area is 134 Å². The van der Waals surface area contributed by atoms with E-state index in [1.165, 1.54) is 12.1 Å². The molecule has 2 rings (SSSR count). The first-order valence-corrected chi connectivity index (χ1v) is 7.29. The Bertz CT molecular complexity index is 626. The Morgan fingerprint density at radius 3 is 2.10 bits per heavy atom. The molecule has 6 heteroatoms. The van der Waals surface area contributed by atoms with Crippen molar-refractivity contribution in [3.63, 3.8) is 0 Å². The first kappa shape index (κ1) is 16.3. The van der Waals surface area contributed by atoms with Gasteiger partial charge in [-0.1, -0.05) is 29.8 Å². The molecular formula is C15H12BrClF3N. The van der Waals surface area contributed by atoms with Gasteiger partial charge < -0.3 is 5.32 Å². The molecule has 0 spiro atoms. The maximum Gasteiger partial charge on any atom is 0.416 e. The Hall–Kier alpha value is -1.04. The lowest BCUT2D eigenvalue weighted by atomic mass is 9.98. The van der Waals surface area contributed by atoms with Crippen LogP contribution in [0.1, 0.15) is 22.7 Å². The van der Waals surface area contributed by atoms with Crippen LogP contribution in [-0.2, 0) is 6.18 Å². The van der Waals surface area contributed by atoms with Gasteiger partial charge in [0.05, 0.1) is 16.6 Å². The highest BCUT2D eigenvalue weighted by Gasteiger charge is 2.30. The standard InChI is InChI=1S/C15H12BrClF3N/c1-21-14(10-4-7-13(17)12(16)8-10)9-2-5-11(6-3-9)15(18,19)20/h2-8,14,21H,1H3. The lowest BCUT2D eigenvalue weighted by Crippen LogP contribution is -2.18. The monoisotopic (exact) mass is 377 g/mol. The summed E-state index contributed by atoms with van der Waals surface area (Å²) in [5.41, 5.74) is 1.01. The molecular weight excluding hydrogens is 367 g/mol. The summed E-state index contributed by atoms with van der Waals surface area (Å²) in [6.07, 6.45) is -4.32. The molecule has 1 unspecified atom stereocenters. The molecule has 0 amide bonds. The van der Waals surface area contributed by atoms with Crippen molar-refractivity contribution in [2.75, 3.05) is 7.05 Å². The molecule has 1 N–H and O–H groups in total. The Kier molecular flexibility index (Phi) is 4.96. The van der Waals surface area contributed by atoms with Gasteiger partial charge in [0, 0.05) is 4.47 Å². The van der Waals surface area contributed by atoms with E-state index in [2.05, 4.69) is 21.2 Å². The van der Waals surface area contributed by atoms with Crippen molar-refractivity contribution in [1.29, 1.82) is 0 Å². The zero-order chi connectivity index (χ0) is 15.6. The number of halogens is 5. The smallest absolute Gasteiger partial charge is 0.309 e. The molecule has 2 aromatic rings. The van der Waals surface area contributed by atoms with Crippen LogP contribution in [0.25, 0.3) is 0 Å². The maximum atomic E-state index is 12.6. The van der Waals surface area contributed by atoms with Gasteiger partial charge in [0.1, 0.15) is 0 Å². The van der Waals surface area contributed by atoms with E-state index in [0.717, 1.165) is 27.7 Å². The molecule has 21 heavy (non-hydrogen) atoms. The van der Waals surface area contributed by atoms with Crippen LogP contribution in [0.2, 0.25) is 5.02 Å². The SMILES string of the molecule is CNC(c1ccc(C(F)(F)F)cc1)c1ccc(Cl)c(Br)c1. The van der Waals surface area contributed by atoms with Gasteiger partial charge in [-0.3, -0.25) is 0 Å². The number of hydrogen-bond donors (Lipinski definition) is 1. The van der Waals surface area contributed by atoms with E-state index in [-0.39, 0.29) is 6.04 Å². The molecule has 0 aliphatic rings. The molecule has 0 aliphatic heterocycles. The van der Waals surface area contributed by atoms with Crippen molar-refractivity contribution < 1.29 is 13.2 Å². The minimum absolute atomic E-state index is 0.208. The van der Waals surface area contributed by atoms with Crippen LogP contribution in [0.3, 0.4) is 0 Å². The molecule has 0 aliphatic carbocycles. The minimum atomic E-state index is -4.32. The van der Waals surface area contributed by atoms with Gasteiger partial charge >= 0.3 is 6.18 Å². The zero-order valence-electron chi connectivity index (χ0n) is 11.0. The fourth-order valence-electron chi connectivity index (χ4n) is 2.08. The van der Waals surface area contributed by atoms with Crippen LogP contribution in [0.15, 0.2) is 46.9 Å². The predicted octanol–water partition coefficient (Wildman–Crippen LogP) is 5.43. The van der Waals surface area contributed by atoms with Crippen LogP contribution >= 0.6 is 27.5 Å². The summed E-state index contributed by atoms with van der Waals surface area (Å²) in [6.45, 7) is 0. The average Bonchev–Trinajstić information content (AvgIpc) is 2.43. The highest BCUT2D eigenvalue weighted by Crippen LogP contribution is 2.32. The summed E-state index contributed by atoms with van der Waals surface area (Å²) in [5.74, 6) is 0. The maximum absolute atomic E-state index is 12.6. The zero-order valence-corrected chi connectivity index (χ0v) is 13.4. The largest absolute Gasteiger partial charge is 0.416 e. The third-order valence-electron chi connectivity index (χ3n) is 3.14. The lowest BCUT2D eigenvalue weighted by Gasteiger charge is -2.18. The van der Waals surface area contributed by atoms with Crippen molar-refractivity contribution >= 4 is 27.5 Å². The summed E-state index contributed by atoms with van der Waals surface area (Å²) in [6, 6.07) is 10.4. The van der Waals surface area contributed by atoms with Gasteiger partial charge in [-0.25, -0.2) is 0 Å². The lowest BCUT2D eigenvalue weighted by molar-refractivity contribution is -0.137. The summed E-state index contributed by atoms with van der Waals surface area (Å²) in [7, 11) is 1.75. The van der Waals surface area contributed by atoms with Crippen LogP contribution in [0.4, 0.5) is 13.2 Å². The third kappa shape index (κ3) is 3.78. The topological polar surface area (TPSA) is 12.0 Å². The molecule has 0 fully saturated rings. The highest BCUT2D eigenvalue weighted by atomic mass is 79.9. The summed E-state index contributed by atoms with van der Waals surface area (Å²) < 4.78 is 38.5. The van der Waals surface area contributed by atoms with Crippen molar-refractivity contribution in [2.45, 2.75) is 12.2 Å². The summed E-state index contributed by atoms with van der Waals surface area (Å²) >= 11 is 9.30. The second kappa shape index (κ2) is 6.38. The second-order valence-electron chi connectivity index (χ2n) is 4.52. The third-order valence-corrected chi connectivity index (χ3v) is 4.35. The van der Waals surface area contributed by atoms with E-state index >= 15 is 0 Å². The van der Waals surface area contributed by atoms with Gasteiger partial charge in [0.2, 0.25) is 0 Å². The van der Waals surface area contributed by atoms with Gasteiger partial charge in [0.15, 0.2) is 0 Å². The quantitative estimate of drug-likeness (QED) is 0.751. The van der Waals surface area contributed by atoms with Crippen LogP contribution in [0, 0.1) is 0 Å². The minimum Gasteiger partial charge on any atom is -0.309 e. The molecule has 0 aromatic heterocycles. The van der Waals surface area contributed by atoms with Crippen molar-refractivity contribution in [1.82, 2.24) is 5.32 Å². The van der Waals surface area contributed by atoms with Crippen LogP contribution < -0.4 is 5.32 Å². The number of nitrogens with one attached hydrogen (secondary N) is 1. The van der Waals surface area contributed by atoms with Gasteiger partial charge in [-0.2, -0.15) is 13.2 Å². The van der Waals surface area contributed by atoms with Crippen LogP contribution in [-0.4, -0.2) is 7.05 Å². The average molecular weight is 379 g/mol. The normalized spacial score (nSPS) is 13.2. The number of hydrogen-bond acceptors (Lipinski definition) is 1. The van der Waals surface area contributed by atoms with Crippen molar-refractivity contribution in [2.24, 2.45) is 0 Å². The second-order valence-corrected chi connectivity index (χ2v) is 5.78. The highest BCUT2D eigenvalue weighted by molar-refractivity contribution is 9.10.